The highest BCUT2D eigenvalue weighted by Crippen LogP contribution is 2.50. The van der Waals surface area contributed by atoms with E-state index in [1.165, 1.54) is 49.6 Å². The standard InChI is InChI=1S/C63H74N2O6/c1-9-11-38-61(3,4)70-59(66)68-41-19-17-21-45-26-31-48(32-27-45)65(50-35-36-52-51-22-13-15-24-55(51)63(7,8)56(52)44-50)49-33-28-46(29-34-49)47-30-37-58-54(43-47)53-23-14-16-25-57(53)64(58)40-18-20-42-69-60(67)71-62(5,6)39-12-10-2/h13-16,22-37,43-44H,9-12,17-21,38-42H2,1-8H3. The van der Waals surface area contributed by atoms with Crippen molar-refractivity contribution in [1.82, 2.24) is 4.57 Å². The Morgan fingerprint density at radius 1 is 0.535 bits per heavy atom. The van der Waals surface area contributed by atoms with Gasteiger partial charge in [-0.15, -0.1) is 0 Å². The van der Waals surface area contributed by atoms with Crippen LogP contribution >= 0.6 is 0 Å². The molecule has 8 rings (SSSR count). The Hall–Kier alpha value is -6.54. The second-order valence-electron chi connectivity index (χ2n) is 21.1. The van der Waals surface area contributed by atoms with Gasteiger partial charge in [0.15, 0.2) is 0 Å². The fourth-order valence-corrected chi connectivity index (χ4v) is 10.3. The summed E-state index contributed by atoms with van der Waals surface area (Å²) >= 11 is 0. The molecule has 0 unspecified atom stereocenters. The highest BCUT2D eigenvalue weighted by Gasteiger charge is 2.36. The monoisotopic (exact) mass is 955 g/mol. The first-order chi connectivity index (χ1) is 34.2. The van der Waals surface area contributed by atoms with Crippen molar-refractivity contribution in [2.45, 2.75) is 149 Å². The van der Waals surface area contributed by atoms with Crippen LogP contribution in [0.2, 0.25) is 0 Å². The van der Waals surface area contributed by atoms with Crippen LogP contribution in [0.5, 0.6) is 0 Å². The molecule has 6 aromatic carbocycles. The average molecular weight is 955 g/mol. The highest BCUT2D eigenvalue weighted by molar-refractivity contribution is 6.09. The van der Waals surface area contributed by atoms with E-state index in [9.17, 15) is 9.59 Å². The van der Waals surface area contributed by atoms with Gasteiger partial charge in [-0.3, -0.25) is 0 Å². The van der Waals surface area contributed by atoms with Crippen LogP contribution in [0.25, 0.3) is 44.1 Å². The van der Waals surface area contributed by atoms with E-state index in [1.54, 1.807) is 0 Å². The fraction of sp³-hybridized carbons (Fsp3) is 0.397. The number of anilines is 3. The summed E-state index contributed by atoms with van der Waals surface area (Å²) < 4.78 is 24.5. The molecule has 71 heavy (non-hydrogen) atoms. The van der Waals surface area contributed by atoms with Gasteiger partial charge in [0.05, 0.1) is 13.2 Å². The van der Waals surface area contributed by atoms with Gasteiger partial charge in [0.25, 0.3) is 0 Å². The minimum Gasteiger partial charge on any atom is -0.434 e. The van der Waals surface area contributed by atoms with E-state index in [-0.39, 0.29) is 5.41 Å². The van der Waals surface area contributed by atoms with Gasteiger partial charge in [0.2, 0.25) is 0 Å². The van der Waals surface area contributed by atoms with Crippen LogP contribution in [0.15, 0.2) is 133 Å². The van der Waals surface area contributed by atoms with Crippen LogP contribution in [-0.2, 0) is 37.3 Å². The Bertz CT molecular complexity index is 2930. The maximum Gasteiger partial charge on any atom is 0.508 e. The van der Waals surface area contributed by atoms with E-state index < -0.39 is 23.5 Å². The minimum absolute atomic E-state index is 0.135. The molecule has 0 aliphatic heterocycles. The molecule has 1 aliphatic rings. The lowest BCUT2D eigenvalue weighted by molar-refractivity contribution is -0.0228. The summed E-state index contributed by atoms with van der Waals surface area (Å²) in [6.45, 7) is 18.2. The van der Waals surface area contributed by atoms with Gasteiger partial charge in [-0.25, -0.2) is 9.59 Å². The summed E-state index contributed by atoms with van der Waals surface area (Å²) in [6, 6.07) is 49.0. The smallest absolute Gasteiger partial charge is 0.434 e. The molecular formula is C63H74N2O6. The van der Waals surface area contributed by atoms with E-state index in [2.05, 4.69) is 171 Å². The number of ether oxygens (including phenoxy) is 4. The van der Waals surface area contributed by atoms with Gasteiger partial charge >= 0.3 is 12.3 Å². The Labute approximate surface area is 422 Å². The number of aryl methyl sites for hydroxylation is 2. The molecular weight excluding hydrogens is 881 g/mol. The molecule has 0 atom stereocenters. The van der Waals surface area contributed by atoms with Crippen molar-refractivity contribution >= 4 is 51.2 Å². The molecule has 8 nitrogen and oxygen atoms in total. The molecule has 0 N–H and O–H groups in total. The molecule has 1 aliphatic carbocycles. The second-order valence-corrected chi connectivity index (χ2v) is 21.1. The molecule has 1 aromatic heterocycles. The number of unbranched alkanes of at least 4 members (excludes halogenated alkanes) is 4. The third-order valence-corrected chi connectivity index (χ3v) is 14.3. The van der Waals surface area contributed by atoms with Crippen LogP contribution in [0.3, 0.4) is 0 Å². The maximum atomic E-state index is 12.4. The van der Waals surface area contributed by atoms with Gasteiger partial charge in [-0.05, 0) is 179 Å². The summed E-state index contributed by atoms with van der Waals surface area (Å²) in [5.74, 6) is 0. The normalized spacial score (nSPS) is 13.0. The van der Waals surface area contributed by atoms with Crippen molar-refractivity contribution in [3.05, 3.63) is 150 Å². The van der Waals surface area contributed by atoms with Crippen LogP contribution < -0.4 is 4.90 Å². The number of carbonyl (C=O) groups is 2. The number of hydrogen-bond donors (Lipinski definition) is 0. The number of aromatic nitrogens is 1. The van der Waals surface area contributed by atoms with Crippen LogP contribution in [0.1, 0.15) is 136 Å². The third kappa shape index (κ3) is 12.0. The number of para-hydroxylation sites is 1. The molecule has 0 fully saturated rings. The van der Waals surface area contributed by atoms with E-state index in [4.69, 9.17) is 18.9 Å². The van der Waals surface area contributed by atoms with E-state index in [0.717, 1.165) is 105 Å². The van der Waals surface area contributed by atoms with Gasteiger partial charge in [-0.2, -0.15) is 0 Å². The Kier molecular flexibility index (Phi) is 15.9. The van der Waals surface area contributed by atoms with Gasteiger partial charge < -0.3 is 28.4 Å². The molecule has 1 heterocycles. The molecule has 0 spiro atoms. The number of hydrogen-bond acceptors (Lipinski definition) is 7. The first kappa shape index (κ1) is 50.8. The molecule has 7 aromatic rings. The zero-order chi connectivity index (χ0) is 50.2. The second kappa shape index (κ2) is 22.3. The number of rotatable bonds is 22. The van der Waals surface area contributed by atoms with E-state index in [1.807, 2.05) is 27.7 Å². The van der Waals surface area contributed by atoms with Crippen molar-refractivity contribution in [3.63, 3.8) is 0 Å². The lowest BCUT2D eigenvalue weighted by atomic mass is 9.82. The summed E-state index contributed by atoms with van der Waals surface area (Å²) in [5.41, 5.74) is 13.3. The number of benzene rings is 6. The van der Waals surface area contributed by atoms with Gasteiger partial charge in [-0.1, -0.05) is 119 Å². The lowest BCUT2D eigenvalue weighted by Gasteiger charge is -2.28. The van der Waals surface area contributed by atoms with Gasteiger partial charge in [0, 0.05) is 50.8 Å². The molecule has 8 heteroatoms. The van der Waals surface area contributed by atoms with Crippen molar-refractivity contribution in [2.24, 2.45) is 0 Å². The lowest BCUT2D eigenvalue weighted by Crippen LogP contribution is -2.28. The number of nitrogens with zero attached hydrogens (tertiary/aromatic N) is 2. The van der Waals surface area contributed by atoms with Crippen molar-refractivity contribution < 1.29 is 28.5 Å². The van der Waals surface area contributed by atoms with Crippen molar-refractivity contribution in [3.8, 4) is 22.3 Å². The number of fused-ring (bicyclic) bond motifs is 6. The topological polar surface area (TPSA) is 79.2 Å². The minimum atomic E-state index is -0.585. The zero-order valence-corrected chi connectivity index (χ0v) is 43.4. The summed E-state index contributed by atoms with van der Waals surface area (Å²) in [7, 11) is 0. The molecule has 0 saturated heterocycles. The summed E-state index contributed by atoms with van der Waals surface area (Å²) in [4.78, 5) is 27.2. The van der Waals surface area contributed by atoms with Crippen LogP contribution in [0.4, 0.5) is 26.7 Å². The maximum absolute atomic E-state index is 12.4. The first-order valence-electron chi connectivity index (χ1n) is 26.1. The Morgan fingerprint density at radius 2 is 1.08 bits per heavy atom. The number of carbonyl (C=O) groups excluding carboxylic acids is 2. The van der Waals surface area contributed by atoms with E-state index >= 15 is 0 Å². The molecule has 0 amide bonds. The molecule has 372 valence electrons. The van der Waals surface area contributed by atoms with Gasteiger partial charge in [0.1, 0.15) is 11.2 Å². The fourth-order valence-electron chi connectivity index (χ4n) is 10.3. The third-order valence-electron chi connectivity index (χ3n) is 14.3. The van der Waals surface area contributed by atoms with Crippen molar-refractivity contribution in [1.29, 1.82) is 0 Å². The van der Waals surface area contributed by atoms with Crippen molar-refractivity contribution in [2.75, 3.05) is 18.1 Å². The first-order valence-corrected chi connectivity index (χ1v) is 26.1. The van der Waals surface area contributed by atoms with Crippen LogP contribution in [0, 0.1) is 0 Å². The zero-order valence-electron chi connectivity index (χ0n) is 43.4. The summed E-state index contributed by atoms with van der Waals surface area (Å²) in [6.07, 6.45) is 8.77. The molecule has 0 saturated carbocycles. The molecule has 0 radical (unpaired) electrons. The van der Waals surface area contributed by atoms with E-state index in [0.29, 0.717) is 13.2 Å². The molecule has 0 bridgehead atoms. The predicted octanol–water partition coefficient (Wildman–Crippen LogP) is 17.6. The Balaban J connectivity index is 0.988. The average Bonchev–Trinajstić information content (AvgIpc) is 3.79. The Morgan fingerprint density at radius 3 is 1.75 bits per heavy atom. The largest absolute Gasteiger partial charge is 0.508 e. The quantitative estimate of drug-likeness (QED) is 0.0495. The SMILES string of the molecule is CCCCC(C)(C)OC(=O)OCCCCc1ccc(N(c2ccc(-c3ccc4c(c3)c3ccccc3n4CCCCOC(=O)OC(C)(C)CCCC)cc2)c2ccc3c(c2)C(C)(C)c2ccccc2-3)cc1. The predicted molar refractivity (Wildman–Crippen MR) is 291 cm³/mol. The van der Waals surface area contributed by atoms with Crippen LogP contribution in [-0.4, -0.2) is 41.3 Å². The summed E-state index contributed by atoms with van der Waals surface area (Å²) in [5, 5.41) is 2.44. The highest BCUT2D eigenvalue weighted by atomic mass is 16.7.